The second-order valence-electron chi connectivity index (χ2n) is 3.99. The summed E-state index contributed by atoms with van der Waals surface area (Å²) < 4.78 is 14.0. The Morgan fingerprint density at radius 3 is 2.93 bits per heavy atom. The van der Waals surface area contributed by atoms with Crippen molar-refractivity contribution in [1.29, 1.82) is 0 Å². The largest absolute Gasteiger partial charge is 0.289 e. The number of fused-ring (bicyclic) bond motifs is 1. The topological polar surface area (TPSA) is 3.24 Å². The van der Waals surface area contributed by atoms with Gasteiger partial charge in [-0.25, -0.2) is 4.39 Å². The van der Waals surface area contributed by atoms with Crippen LogP contribution in [0.25, 0.3) is 0 Å². The number of nitrogens with zero attached hydrogens (tertiary/aromatic N) is 1. The molecule has 0 bridgehead atoms. The van der Waals surface area contributed by atoms with Gasteiger partial charge in [-0.15, -0.1) is 6.42 Å². The lowest BCUT2D eigenvalue weighted by molar-refractivity contribution is 0.164. The predicted molar refractivity (Wildman–Crippen MR) is 59.2 cm³/mol. The first-order chi connectivity index (χ1) is 7.24. The van der Waals surface area contributed by atoms with E-state index in [2.05, 4.69) is 5.92 Å². The van der Waals surface area contributed by atoms with Gasteiger partial charge in [-0.2, -0.15) is 0 Å². The Morgan fingerprint density at radius 1 is 1.53 bits per heavy atom. The summed E-state index contributed by atoms with van der Waals surface area (Å²) >= 11 is 0. The van der Waals surface area contributed by atoms with Crippen LogP contribution in [0.4, 0.5) is 4.39 Å². The molecular formula is C13H14FN. The van der Waals surface area contributed by atoms with Gasteiger partial charge in [-0.3, -0.25) is 4.90 Å². The number of rotatable bonds is 2. The van der Waals surface area contributed by atoms with Crippen LogP contribution in [0.3, 0.4) is 0 Å². The van der Waals surface area contributed by atoms with E-state index in [1.165, 1.54) is 0 Å². The van der Waals surface area contributed by atoms with Crippen LogP contribution in [0.2, 0.25) is 0 Å². The van der Waals surface area contributed by atoms with Gasteiger partial charge in [-0.1, -0.05) is 30.2 Å². The molecule has 0 aromatic heterocycles. The molecule has 1 nitrogen and oxygen atoms in total. The third kappa shape index (κ3) is 1.75. The zero-order valence-electron chi connectivity index (χ0n) is 8.78. The van der Waals surface area contributed by atoms with Gasteiger partial charge in [0.1, 0.15) is 6.17 Å². The summed E-state index contributed by atoms with van der Waals surface area (Å²) in [5, 5.41) is 0. The van der Waals surface area contributed by atoms with Gasteiger partial charge in [0, 0.05) is 6.04 Å². The summed E-state index contributed by atoms with van der Waals surface area (Å²) in [6.07, 6.45) is 5.09. The number of benzene rings is 1. The van der Waals surface area contributed by atoms with Crippen molar-refractivity contribution in [2.45, 2.75) is 18.6 Å². The zero-order valence-corrected chi connectivity index (χ0v) is 8.78. The first-order valence-corrected chi connectivity index (χ1v) is 5.09. The van der Waals surface area contributed by atoms with Crippen LogP contribution in [0.5, 0.6) is 0 Å². The van der Waals surface area contributed by atoms with Crippen molar-refractivity contribution in [2.75, 3.05) is 13.6 Å². The molecular weight excluding hydrogens is 188 g/mol. The standard InChI is InChI=1S/C13H14FN/c1-3-8-15(2)12-9-10-6-4-5-7-11(10)13(12)14/h1,4-7,12-13H,8-9H2,2H3/i14-1. The van der Waals surface area contributed by atoms with Gasteiger partial charge in [0.15, 0.2) is 0 Å². The summed E-state index contributed by atoms with van der Waals surface area (Å²) in [6.45, 7) is 0.499. The molecule has 0 amide bonds. The molecule has 1 aliphatic rings. The highest BCUT2D eigenvalue weighted by Gasteiger charge is 2.34. The molecule has 2 rings (SSSR count). The van der Waals surface area contributed by atoms with Crippen LogP contribution in [0, 0.1) is 12.3 Å². The first kappa shape index (κ1) is 10.2. The van der Waals surface area contributed by atoms with Gasteiger partial charge in [0.25, 0.3) is 0 Å². The van der Waals surface area contributed by atoms with Crippen molar-refractivity contribution in [2.24, 2.45) is 0 Å². The predicted octanol–water partition coefficient (Wildman–Crippen LogP) is 2.19. The zero-order chi connectivity index (χ0) is 10.8. The van der Waals surface area contributed by atoms with Crippen molar-refractivity contribution in [3.05, 3.63) is 35.4 Å². The number of alkyl halides is 1. The molecule has 0 saturated heterocycles. The maximum Gasteiger partial charge on any atom is 0.141 e. The van der Waals surface area contributed by atoms with E-state index in [9.17, 15) is 4.39 Å². The van der Waals surface area contributed by atoms with E-state index in [0.717, 1.165) is 17.5 Å². The number of halogens is 1. The lowest BCUT2D eigenvalue weighted by atomic mass is 10.1. The molecule has 2 unspecified atom stereocenters. The summed E-state index contributed by atoms with van der Waals surface area (Å²) in [4.78, 5) is 1.91. The van der Waals surface area contributed by atoms with Crippen molar-refractivity contribution in [1.82, 2.24) is 4.90 Å². The number of terminal acetylenes is 1. The third-order valence-corrected chi connectivity index (χ3v) is 3.03. The third-order valence-electron chi connectivity index (χ3n) is 3.03. The number of hydrogen-bond acceptors (Lipinski definition) is 1. The van der Waals surface area contributed by atoms with Crippen LogP contribution in [-0.4, -0.2) is 24.5 Å². The maximum atomic E-state index is 14.0. The van der Waals surface area contributed by atoms with E-state index in [4.69, 9.17) is 6.42 Å². The molecule has 1 aromatic carbocycles. The van der Waals surface area contributed by atoms with Gasteiger partial charge < -0.3 is 0 Å². The van der Waals surface area contributed by atoms with Crippen molar-refractivity contribution < 1.29 is 4.39 Å². The van der Waals surface area contributed by atoms with Crippen molar-refractivity contribution in [3.8, 4) is 12.3 Å². The lowest BCUT2D eigenvalue weighted by Crippen LogP contribution is -2.34. The Kier molecular flexibility index (Phi) is 2.75. The second kappa shape index (κ2) is 4.04. The van der Waals surface area contributed by atoms with Gasteiger partial charge in [-0.05, 0) is 24.6 Å². The van der Waals surface area contributed by atoms with Crippen molar-refractivity contribution in [3.63, 3.8) is 0 Å². The minimum atomic E-state index is -0.903. The SMILES string of the molecule is C#CCN(C)C1Cc2ccccc2C1[18F]. The van der Waals surface area contributed by atoms with Crippen LogP contribution in [-0.2, 0) is 6.42 Å². The Morgan fingerprint density at radius 2 is 2.27 bits per heavy atom. The van der Waals surface area contributed by atoms with E-state index in [-0.39, 0.29) is 6.04 Å². The minimum absolute atomic E-state index is 0.0987. The Bertz CT molecular complexity index is 394. The molecule has 0 N–H and O–H groups in total. The van der Waals surface area contributed by atoms with Gasteiger partial charge in [0.2, 0.25) is 0 Å². The van der Waals surface area contributed by atoms with E-state index < -0.39 is 6.17 Å². The molecule has 0 radical (unpaired) electrons. The second-order valence-corrected chi connectivity index (χ2v) is 3.99. The Labute approximate surface area is 89.9 Å². The summed E-state index contributed by atoms with van der Waals surface area (Å²) in [7, 11) is 1.88. The lowest BCUT2D eigenvalue weighted by Gasteiger charge is -2.23. The van der Waals surface area contributed by atoms with E-state index in [0.29, 0.717) is 6.54 Å². The average molecular weight is 202 g/mol. The van der Waals surface area contributed by atoms with Crippen LogP contribution in [0.15, 0.2) is 24.3 Å². The van der Waals surface area contributed by atoms with Crippen LogP contribution >= 0.6 is 0 Å². The Hall–Kier alpha value is -1.33. The smallest absolute Gasteiger partial charge is 0.141 e. The molecule has 2 atom stereocenters. The number of likely N-dealkylation sites (N-methyl/N-ethyl adjacent to an activating group) is 1. The average Bonchev–Trinajstić information content (AvgIpc) is 2.57. The molecule has 0 saturated carbocycles. The fraction of sp³-hybridized carbons (Fsp3) is 0.385. The first-order valence-electron chi connectivity index (χ1n) is 5.09. The maximum absolute atomic E-state index is 14.0. The molecule has 0 spiro atoms. The summed E-state index contributed by atoms with van der Waals surface area (Å²) in [5.41, 5.74) is 1.94. The highest BCUT2D eigenvalue weighted by molar-refractivity contribution is 5.36. The molecule has 2 heteroatoms. The summed E-state index contributed by atoms with van der Waals surface area (Å²) in [6, 6.07) is 7.60. The molecule has 78 valence electrons. The summed E-state index contributed by atoms with van der Waals surface area (Å²) in [5.74, 6) is 2.55. The van der Waals surface area contributed by atoms with Crippen LogP contribution in [0.1, 0.15) is 17.3 Å². The molecule has 0 aliphatic heterocycles. The quantitative estimate of drug-likeness (QED) is 0.664. The highest BCUT2D eigenvalue weighted by atomic mass is 18.2. The molecule has 1 aliphatic carbocycles. The van der Waals surface area contributed by atoms with E-state index in [1.54, 1.807) is 0 Å². The number of hydrogen-bond donors (Lipinski definition) is 0. The fourth-order valence-electron chi connectivity index (χ4n) is 2.17. The molecule has 0 fully saturated rings. The highest BCUT2D eigenvalue weighted by Crippen LogP contribution is 2.36. The minimum Gasteiger partial charge on any atom is -0.289 e. The van der Waals surface area contributed by atoms with E-state index in [1.807, 2.05) is 36.2 Å². The van der Waals surface area contributed by atoms with Crippen LogP contribution < -0.4 is 0 Å². The normalized spacial score (nSPS) is 23.9. The van der Waals surface area contributed by atoms with E-state index >= 15 is 0 Å². The van der Waals surface area contributed by atoms with Gasteiger partial charge in [0.05, 0.1) is 6.54 Å². The molecule has 0 heterocycles. The molecule has 1 aromatic rings. The monoisotopic (exact) mass is 202 g/mol. The van der Waals surface area contributed by atoms with Crippen molar-refractivity contribution >= 4 is 0 Å². The molecule has 15 heavy (non-hydrogen) atoms. The Balaban J connectivity index is 2.20. The fourth-order valence-corrected chi connectivity index (χ4v) is 2.17. The van der Waals surface area contributed by atoms with Gasteiger partial charge >= 0.3 is 0 Å².